The first-order valence-electron chi connectivity index (χ1n) is 6.62. The molecule has 1 saturated carbocycles. The summed E-state index contributed by atoms with van der Waals surface area (Å²) in [4.78, 5) is 23.2. The topological polar surface area (TPSA) is 66.4 Å². The fourth-order valence-corrected chi connectivity index (χ4v) is 2.70. The summed E-state index contributed by atoms with van der Waals surface area (Å²) in [7, 11) is 0. The van der Waals surface area contributed by atoms with Crippen molar-refractivity contribution in [3.05, 3.63) is 40.7 Å². The van der Waals surface area contributed by atoms with Crippen molar-refractivity contribution in [2.45, 2.75) is 31.2 Å². The fourth-order valence-electron chi connectivity index (χ4n) is 2.48. The van der Waals surface area contributed by atoms with E-state index in [4.69, 9.17) is 11.6 Å². The van der Waals surface area contributed by atoms with E-state index < -0.39 is 23.2 Å². The number of halogens is 2. The van der Waals surface area contributed by atoms with E-state index in [1.54, 1.807) is 0 Å². The van der Waals surface area contributed by atoms with Crippen LogP contribution in [-0.4, -0.2) is 22.5 Å². The standard InChI is InChI=1S/C15H15ClFNO3/c16-11-4-3-5-12(17)10(11)6-7-13(19)18-15(14(20)21)8-1-2-9-15/h3-7H,1-2,8-9H2,(H,18,19)(H,20,21)/b7-6+. The number of hydrogen-bond acceptors (Lipinski definition) is 2. The van der Waals surface area contributed by atoms with Gasteiger partial charge in [-0.15, -0.1) is 0 Å². The summed E-state index contributed by atoms with van der Waals surface area (Å²) in [6, 6.07) is 4.21. The Morgan fingerprint density at radius 1 is 1.33 bits per heavy atom. The molecule has 2 rings (SSSR count). The largest absolute Gasteiger partial charge is 0.480 e. The summed E-state index contributed by atoms with van der Waals surface area (Å²) in [5.41, 5.74) is -1.11. The molecule has 0 spiro atoms. The van der Waals surface area contributed by atoms with Crippen molar-refractivity contribution in [2.24, 2.45) is 0 Å². The van der Waals surface area contributed by atoms with E-state index in [0.29, 0.717) is 12.8 Å². The monoisotopic (exact) mass is 311 g/mol. The Kier molecular flexibility index (Phi) is 4.63. The molecule has 2 N–H and O–H groups in total. The van der Waals surface area contributed by atoms with E-state index in [9.17, 15) is 19.1 Å². The maximum absolute atomic E-state index is 13.5. The van der Waals surface area contributed by atoms with Crippen molar-refractivity contribution < 1.29 is 19.1 Å². The Hall–Kier alpha value is -1.88. The Balaban J connectivity index is 2.11. The van der Waals surface area contributed by atoms with Gasteiger partial charge in [0.1, 0.15) is 11.4 Å². The molecule has 1 fully saturated rings. The Bertz CT molecular complexity index is 574. The second-order valence-corrected chi connectivity index (χ2v) is 5.46. The van der Waals surface area contributed by atoms with Gasteiger partial charge in [0.05, 0.1) is 5.02 Å². The number of benzene rings is 1. The SMILES string of the molecule is O=C(/C=C/c1c(F)cccc1Cl)NC1(C(=O)O)CCCC1. The van der Waals surface area contributed by atoms with Gasteiger partial charge in [-0.3, -0.25) is 4.79 Å². The molecule has 0 aliphatic heterocycles. The van der Waals surface area contributed by atoms with Gasteiger partial charge in [-0.2, -0.15) is 0 Å². The highest BCUT2D eigenvalue weighted by Crippen LogP contribution is 2.30. The second-order valence-electron chi connectivity index (χ2n) is 5.05. The zero-order valence-electron chi connectivity index (χ0n) is 11.2. The highest BCUT2D eigenvalue weighted by Gasteiger charge is 2.42. The summed E-state index contributed by atoms with van der Waals surface area (Å²) in [6.45, 7) is 0. The second kappa shape index (κ2) is 6.26. The van der Waals surface area contributed by atoms with Crippen LogP contribution >= 0.6 is 11.6 Å². The molecule has 6 heteroatoms. The number of amides is 1. The normalized spacial score (nSPS) is 17.0. The lowest BCUT2D eigenvalue weighted by Crippen LogP contribution is -2.52. The number of carboxylic acids is 1. The highest BCUT2D eigenvalue weighted by atomic mass is 35.5. The predicted molar refractivity (Wildman–Crippen MR) is 77.4 cm³/mol. The molecule has 0 saturated heterocycles. The van der Waals surface area contributed by atoms with Gasteiger partial charge < -0.3 is 10.4 Å². The van der Waals surface area contributed by atoms with Gasteiger partial charge >= 0.3 is 5.97 Å². The average Bonchev–Trinajstić information content (AvgIpc) is 2.88. The molecule has 0 radical (unpaired) electrons. The molecule has 0 aromatic heterocycles. The highest BCUT2D eigenvalue weighted by molar-refractivity contribution is 6.32. The average molecular weight is 312 g/mol. The summed E-state index contributed by atoms with van der Waals surface area (Å²) >= 11 is 5.84. The maximum Gasteiger partial charge on any atom is 0.329 e. The van der Waals surface area contributed by atoms with Crippen LogP contribution in [0.25, 0.3) is 6.08 Å². The molecule has 0 unspecified atom stereocenters. The third-order valence-electron chi connectivity index (χ3n) is 3.63. The lowest BCUT2D eigenvalue weighted by Gasteiger charge is -2.24. The van der Waals surface area contributed by atoms with Crippen LogP contribution in [-0.2, 0) is 9.59 Å². The summed E-state index contributed by atoms with van der Waals surface area (Å²) < 4.78 is 13.5. The Labute approximate surface area is 126 Å². The van der Waals surface area contributed by atoms with Gasteiger partial charge in [0.15, 0.2) is 0 Å². The predicted octanol–water partition coefficient (Wildman–Crippen LogP) is 3.01. The number of carbonyl (C=O) groups is 2. The number of rotatable bonds is 4. The van der Waals surface area contributed by atoms with Crippen LogP contribution in [0, 0.1) is 5.82 Å². The summed E-state index contributed by atoms with van der Waals surface area (Å²) in [6.07, 6.45) is 4.68. The molecular formula is C15H15ClFNO3. The van der Waals surface area contributed by atoms with Crippen molar-refractivity contribution in [1.29, 1.82) is 0 Å². The smallest absolute Gasteiger partial charge is 0.329 e. The fraction of sp³-hybridized carbons (Fsp3) is 0.333. The van der Waals surface area contributed by atoms with Gasteiger partial charge in [-0.05, 0) is 31.1 Å². The number of carboxylic acid groups (broad SMARTS) is 1. The van der Waals surface area contributed by atoms with Crippen molar-refractivity contribution in [3.63, 3.8) is 0 Å². The molecule has 1 amide bonds. The van der Waals surface area contributed by atoms with Gasteiger partial charge in [-0.1, -0.05) is 30.5 Å². The molecule has 1 aromatic rings. The van der Waals surface area contributed by atoms with E-state index >= 15 is 0 Å². The number of hydrogen-bond donors (Lipinski definition) is 2. The molecule has 0 heterocycles. The first-order valence-corrected chi connectivity index (χ1v) is 7.00. The molecule has 1 aliphatic carbocycles. The van der Waals surface area contributed by atoms with Crippen LogP contribution in [0.15, 0.2) is 24.3 Å². The Morgan fingerprint density at radius 3 is 2.57 bits per heavy atom. The summed E-state index contributed by atoms with van der Waals surface area (Å²) in [5.74, 6) is -2.15. The first-order chi connectivity index (χ1) is 9.94. The van der Waals surface area contributed by atoms with Crippen molar-refractivity contribution in [1.82, 2.24) is 5.32 Å². The van der Waals surface area contributed by atoms with E-state index in [0.717, 1.165) is 18.9 Å². The Morgan fingerprint density at radius 2 is 2.00 bits per heavy atom. The lowest BCUT2D eigenvalue weighted by atomic mass is 9.98. The third-order valence-corrected chi connectivity index (χ3v) is 3.96. The number of nitrogens with one attached hydrogen (secondary N) is 1. The summed E-state index contributed by atoms with van der Waals surface area (Å²) in [5, 5.41) is 12.0. The van der Waals surface area contributed by atoms with Gasteiger partial charge in [0.25, 0.3) is 0 Å². The zero-order chi connectivity index (χ0) is 15.5. The quantitative estimate of drug-likeness (QED) is 0.840. The zero-order valence-corrected chi connectivity index (χ0v) is 12.0. The lowest BCUT2D eigenvalue weighted by molar-refractivity contribution is -0.146. The van der Waals surface area contributed by atoms with Crippen LogP contribution in [0.3, 0.4) is 0 Å². The molecule has 21 heavy (non-hydrogen) atoms. The third kappa shape index (κ3) is 3.42. The molecule has 0 atom stereocenters. The van der Waals surface area contributed by atoms with Crippen molar-refractivity contribution >= 4 is 29.6 Å². The minimum atomic E-state index is -1.21. The van der Waals surface area contributed by atoms with Gasteiger partial charge in [-0.25, -0.2) is 9.18 Å². The van der Waals surface area contributed by atoms with E-state index in [-0.39, 0.29) is 10.6 Å². The van der Waals surface area contributed by atoms with E-state index in [1.807, 2.05) is 0 Å². The van der Waals surface area contributed by atoms with Gasteiger partial charge in [0, 0.05) is 11.6 Å². The van der Waals surface area contributed by atoms with Crippen molar-refractivity contribution in [2.75, 3.05) is 0 Å². The van der Waals surface area contributed by atoms with Crippen LogP contribution in [0.4, 0.5) is 4.39 Å². The molecule has 1 aliphatic rings. The molecule has 4 nitrogen and oxygen atoms in total. The van der Waals surface area contributed by atoms with Crippen LogP contribution in [0.5, 0.6) is 0 Å². The number of aliphatic carboxylic acids is 1. The molecule has 1 aromatic carbocycles. The minimum Gasteiger partial charge on any atom is -0.480 e. The van der Waals surface area contributed by atoms with E-state index in [1.165, 1.54) is 24.3 Å². The van der Waals surface area contributed by atoms with E-state index in [2.05, 4.69) is 5.32 Å². The van der Waals surface area contributed by atoms with Crippen LogP contribution < -0.4 is 5.32 Å². The van der Waals surface area contributed by atoms with Crippen molar-refractivity contribution in [3.8, 4) is 0 Å². The maximum atomic E-state index is 13.5. The van der Waals surface area contributed by atoms with Crippen LogP contribution in [0.2, 0.25) is 5.02 Å². The minimum absolute atomic E-state index is 0.102. The molecule has 112 valence electrons. The molecular weight excluding hydrogens is 297 g/mol. The first kappa shape index (κ1) is 15.5. The van der Waals surface area contributed by atoms with Crippen LogP contribution in [0.1, 0.15) is 31.2 Å². The molecule has 0 bridgehead atoms. The number of carbonyl (C=O) groups excluding carboxylic acids is 1. The van der Waals surface area contributed by atoms with Gasteiger partial charge in [0.2, 0.25) is 5.91 Å².